The smallest absolute Gasteiger partial charge is 0.236 e. The minimum Gasteiger partial charge on any atom is -0.378 e. The molecule has 0 aliphatic carbocycles. The number of hydrogen-bond donors (Lipinski definition) is 2. The fourth-order valence-electron chi connectivity index (χ4n) is 2.43. The van der Waals surface area contributed by atoms with Gasteiger partial charge in [0.25, 0.3) is 0 Å². The molecule has 1 amide bonds. The average Bonchev–Trinajstić information content (AvgIpc) is 2.51. The molecular weight excluding hydrogens is 427 g/mol. The van der Waals surface area contributed by atoms with Crippen LogP contribution in [0.1, 0.15) is 0 Å². The van der Waals surface area contributed by atoms with Crippen LogP contribution in [0.15, 0.2) is 4.99 Å². The molecule has 2 heterocycles. The van der Waals surface area contributed by atoms with Crippen molar-refractivity contribution in [3.63, 3.8) is 0 Å². The van der Waals surface area contributed by atoms with Crippen molar-refractivity contribution < 1.29 is 49.5 Å². The van der Waals surface area contributed by atoms with Crippen molar-refractivity contribution in [3.05, 3.63) is 0 Å². The molecule has 0 aromatic carbocycles. The Morgan fingerprint density at radius 1 is 1.09 bits per heavy atom. The summed E-state index contributed by atoms with van der Waals surface area (Å²) in [6.07, 6.45) is 1.92. The second-order valence-electron chi connectivity index (χ2n) is 5.31. The van der Waals surface area contributed by atoms with Crippen LogP contribution in [0, 0.1) is 39.9 Å². The Bertz CT molecular complexity index is 337. The maximum atomic E-state index is 12.3. The third-order valence-corrected chi connectivity index (χ3v) is 3.72. The second kappa shape index (κ2) is 12.7. The summed E-state index contributed by atoms with van der Waals surface area (Å²) in [5.74, 6) is 0.205. The van der Waals surface area contributed by atoms with E-state index in [2.05, 4.69) is 20.5 Å². The van der Waals surface area contributed by atoms with Crippen LogP contribution in [0.25, 0.3) is 0 Å². The summed E-state index contributed by atoms with van der Waals surface area (Å²) in [5.41, 5.74) is 0. The molecule has 2 rings (SSSR count). The minimum absolute atomic E-state index is 0. The molecule has 2 aliphatic rings. The Labute approximate surface area is 164 Å². The maximum Gasteiger partial charge on any atom is 0.236 e. The fraction of sp³-hybridized carbons (Fsp3) is 0.857. The van der Waals surface area contributed by atoms with Gasteiger partial charge in [0.05, 0.1) is 26.3 Å². The van der Waals surface area contributed by atoms with E-state index < -0.39 is 0 Å². The van der Waals surface area contributed by atoms with Crippen LogP contribution in [0.5, 0.6) is 0 Å². The van der Waals surface area contributed by atoms with Gasteiger partial charge in [0.1, 0.15) is 0 Å². The third-order valence-electron chi connectivity index (χ3n) is 3.72. The molecule has 0 aromatic heterocycles. The quantitative estimate of drug-likeness (QED) is 0.527. The molecule has 1 saturated heterocycles. The van der Waals surface area contributed by atoms with Gasteiger partial charge in [-0.15, -0.1) is 0 Å². The first kappa shape index (κ1) is 20.3. The first-order valence-electron chi connectivity index (χ1n) is 7.84. The van der Waals surface area contributed by atoms with Crippen LogP contribution in [0.4, 0.5) is 0 Å². The summed E-state index contributed by atoms with van der Waals surface area (Å²) in [5, 5.41) is 6.68. The van der Waals surface area contributed by atoms with Gasteiger partial charge in [-0.05, 0) is 0 Å². The van der Waals surface area contributed by atoms with Crippen molar-refractivity contribution in [2.24, 2.45) is 4.99 Å². The molecule has 0 saturated carbocycles. The first-order valence-corrected chi connectivity index (χ1v) is 7.84. The average molecular weight is 455 g/mol. The molecule has 128 valence electrons. The van der Waals surface area contributed by atoms with Gasteiger partial charge < -0.3 is 20.3 Å². The number of carbonyl (C=O) groups excluding carboxylic acids is 1. The largest absolute Gasteiger partial charge is 0.378 e. The Morgan fingerprint density at radius 2 is 1.86 bits per heavy atom. The summed E-state index contributed by atoms with van der Waals surface area (Å²) in [4.78, 5) is 20.8. The number of morpholine rings is 1. The van der Waals surface area contributed by atoms with E-state index in [1.54, 1.807) is 0 Å². The van der Waals surface area contributed by atoms with Crippen molar-refractivity contribution in [2.45, 2.75) is 0 Å². The Hall–Kier alpha value is 0.305. The van der Waals surface area contributed by atoms with E-state index in [1.807, 2.05) is 11.1 Å². The first-order chi connectivity index (χ1) is 10.4. The molecule has 0 bridgehead atoms. The molecule has 0 aromatic rings. The van der Waals surface area contributed by atoms with E-state index >= 15 is 0 Å². The van der Waals surface area contributed by atoms with Gasteiger partial charge in [0.15, 0.2) is 0 Å². The topological polar surface area (TPSA) is 69.2 Å². The molecule has 0 atom stereocenters. The molecule has 2 aliphatic heterocycles. The van der Waals surface area contributed by atoms with Crippen molar-refractivity contribution >= 4 is 12.1 Å². The number of nitrogens with zero attached hydrogens (tertiary/aromatic N) is 3. The van der Waals surface area contributed by atoms with Crippen LogP contribution >= 0.6 is 0 Å². The third kappa shape index (κ3) is 8.24. The maximum absolute atomic E-state index is 12.3. The molecule has 22 heavy (non-hydrogen) atoms. The summed E-state index contributed by atoms with van der Waals surface area (Å²) in [6.45, 7) is 9.29. The number of amides is 1. The second-order valence-corrected chi connectivity index (χ2v) is 5.31. The Kier molecular flexibility index (Phi) is 11.7. The summed E-state index contributed by atoms with van der Waals surface area (Å²) in [7, 11) is 0. The predicted octanol–water partition coefficient (Wildman–Crippen LogP) is -1.59. The van der Waals surface area contributed by atoms with Gasteiger partial charge in [0, 0.05) is 98.5 Å². The van der Waals surface area contributed by atoms with Gasteiger partial charge in [-0.3, -0.25) is 14.7 Å². The van der Waals surface area contributed by atoms with Crippen LogP contribution in [0.2, 0.25) is 0 Å². The number of nitrogens with one attached hydrogen (secondary N) is 2. The molecule has 0 radical (unpaired) electrons. The minimum atomic E-state index is 0. The van der Waals surface area contributed by atoms with Crippen LogP contribution in [0.3, 0.4) is 0 Å². The zero-order valence-electron chi connectivity index (χ0n) is 13.1. The SMILES string of the molecule is O=C(CN1CCN=CCNCCNCC1)N1CCOCC1.[Gd]. The Balaban J connectivity index is 0.00000242. The van der Waals surface area contributed by atoms with Crippen LogP contribution in [-0.4, -0.2) is 101 Å². The zero-order chi connectivity index (χ0) is 14.8. The molecule has 0 unspecified atom stereocenters. The van der Waals surface area contributed by atoms with Crippen molar-refractivity contribution in [1.29, 1.82) is 0 Å². The fourth-order valence-corrected chi connectivity index (χ4v) is 2.43. The zero-order valence-corrected chi connectivity index (χ0v) is 15.3. The normalized spacial score (nSPS) is 22.3. The van der Waals surface area contributed by atoms with Crippen LogP contribution < -0.4 is 10.6 Å². The molecule has 2 N–H and O–H groups in total. The standard InChI is InChI=1S/C14H27N5O2.Gd/c20-14(19-9-11-21-12-10-19)13-18-7-5-16-3-1-15-2-4-17-6-8-18;/h3,15,17H,1-2,4-13H2;. The van der Waals surface area contributed by atoms with Gasteiger partial charge in [-0.25, -0.2) is 0 Å². The Morgan fingerprint density at radius 3 is 2.68 bits per heavy atom. The monoisotopic (exact) mass is 455 g/mol. The summed E-state index contributed by atoms with van der Waals surface area (Å²) >= 11 is 0. The molecule has 1 fully saturated rings. The predicted molar refractivity (Wildman–Crippen MR) is 82.9 cm³/mol. The number of ether oxygens (including phenoxy) is 1. The number of carbonyl (C=O) groups is 1. The van der Waals surface area contributed by atoms with Gasteiger partial charge in [0.2, 0.25) is 5.91 Å². The molecular formula is C14H27GdN5O2. The van der Waals surface area contributed by atoms with Crippen LogP contribution in [-0.2, 0) is 9.53 Å². The number of rotatable bonds is 2. The van der Waals surface area contributed by atoms with Crippen molar-refractivity contribution in [3.8, 4) is 0 Å². The van der Waals surface area contributed by atoms with Gasteiger partial charge in [-0.2, -0.15) is 0 Å². The van der Waals surface area contributed by atoms with E-state index in [1.165, 1.54) is 0 Å². The summed E-state index contributed by atoms with van der Waals surface area (Å²) < 4.78 is 5.29. The van der Waals surface area contributed by atoms with E-state index in [0.29, 0.717) is 19.8 Å². The molecule has 0 spiro atoms. The van der Waals surface area contributed by atoms with Crippen molar-refractivity contribution in [1.82, 2.24) is 20.4 Å². The van der Waals surface area contributed by atoms with E-state index in [-0.39, 0.29) is 45.8 Å². The van der Waals surface area contributed by atoms with E-state index in [0.717, 1.165) is 58.9 Å². The van der Waals surface area contributed by atoms with E-state index in [9.17, 15) is 4.79 Å². The molecule has 8 heteroatoms. The van der Waals surface area contributed by atoms with Gasteiger partial charge in [-0.1, -0.05) is 0 Å². The number of hydrogen-bond acceptors (Lipinski definition) is 6. The summed E-state index contributed by atoms with van der Waals surface area (Å²) in [6, 6.07) is 0. The number of aliphatic imine (C=N–C) groups is 1. The van der Waals surface area contributed by atoms with E-state index in [4.69, 9.17) is 4.74 Å². The molecule has 7 nitrogen and oxygen atoms in total. The van der Waals surface area contributed by atoms with Gasteiger partial charge >= 0.3 is 0 Å². The van der Waals surface area contributed by atoms with Crippen molar-refractivity contribution in [2.75, 3.05) is 78.7 Å².